The lowest BCUT2D eigenvalue weighted by atomic mass is 9.98. The first kappa shape index (κ1) is 35.0. The van der Waals surface area contributed by atoms with Gasteiger partial charge in [0.1, 0.15) is 0 Å². The van der Waals surface area contributed by atoms with Crippen molar-refractivity contribution in [3.8, 4) is 0 Å². The lowest BCUT2D eigenvalue weighted by molar-refractivity contribution is -0.344. The van der Waals surface area contributed by atoms with Crippen molar-refractivity contribution in [2.45, 2.75) is 162 Å². The molecule has 0 atom stereocenters. The van der Waals surface area contributed by atoms with Gasteiger partial charge in [0.2, 0.25) is 11.4 Å². The summed E-state index contributed by atoms with van der Waals surface area (Å²) in [4.78, 5) is 0. The Kier molecular flexibility index (Phi) is 17.3. The van der Waals surface area contributed by atoms with Gasteiger partial charge in [-0.15, -0.1) is 0 Å². The molecule has 0 saturated carbocycles. The van der Waals surface area contributed by atoms with Crippen LogP contribution < -0.4 is 0 Å². The molecular formula is C41H62N2. The minimum Gasteiger partial charge on any atom is -0.493 e. The molecule has 2 nitrogen and oxygen atoms in total. The van der Waals surface area contributed by atoms with E-state index in [-0.39, 0.29) is 0 Å². The first-order valence-electron chi connectivity index (χ1n) is 18.3. The monoisotopic (exact) mass is 582 g/mol. The van der Waals surface area contributed by atoms with Crippen molar-refractivity contribution >= 4 is 11.4 Å². The van der Waals surface area contributed by atoms with Gasteiger partial charge in [0.05, 0.1) is 0 Å². The number of unbranched alkanes of at least 4 members (excludes halogenated alkanes) is 16. The van der Waals surface area contributed by atoms with E-state index in [1.807, 2.05) is 0 Å². The Balaban J connectivity index is 1.60. The van der Waals surface area contributed by atoms with E-state index in [0.717, 1.165) is 41.8 Å². The molecule has 0 aliphatic carbocycles. The summed E-state index contributed by atoms with van der Waals surface area (Å²) >= 11 is 0. The van der Waals surface area contributed by atoms with Crippen LogP contribution in [-0.4, -0.2) is 4.70 Å². The molecule has 0 bridgehead atoms. The molecule has 0 spiro atoms. The van der Waals surface area contributed by atoms with Crippen LogP contribution >= 0.6 is 0 Å². The Morgan fingerprint density at radius 3 is 1.44 bits per heavy atom. The summed E-state index contributed by atoms with van der Waals surface area (Å²) in [6, 6.07) is 17.8. The van der Waals surface area contributed by atoms with Crippen molar-refractivity contribution in [2.24, 2.45) is 0 Å². The van der Waals surface area contributed by atoms with Crippen LogP contribution in [0.2, 0.25) is 0 Å². The molecule has 236 valence electrons. The molecule has 1 heterocycles. The highest BCUT2D eigenvalue weighted by atomic mass is 15.2. The van der Waals surface area contributed by atoms with Gasteiger partial charge in [-0.1, -0.05) is 148 Å². The van der Waals surface area contributed by atoms with Crippen LogP contribution in [0, 0.1) is 0 Å². The number of hydrogen-bond donors (Lipinski definition) is 0. The van der Waals surface area contributed by atoms with Gasteiger partial charge in [-0.25, -0.2) is 4.70 Å². The van der Waals surface area contributed by atoms with Gasteiger partial charge in [0.25, 0.3) is 0 Å². The fraction of sp³-hybridized carbons (Fsp3) is 0.610. The second kappa shape index (κ2) is 21.3. The Labute approximate surface area is 265 Å². The average molecular weight is 583 g/mol. The molecule has 0 N–H and O–H groups in total. The summed E-state index contributed by atoms with van der Waals surface area (Å²) in [5.74, 6) is 0. The van der Waals surface area contributed by atoms with Gasteiger partial charge in [-0.05, 0) is 73.9 Å². The number of allylic oxidation sites excluding steroid dienone is 2. The van der Waals surface area contributed by atoms with Gasteiger partial charge >= 0.3 is 0 Å². The van der Waals surface area contributed by atoms with Crippen molar-refractivity contribution in [3.63, 3.8) is 0 Å². The molecule has 1 aliphatic rings. The predicted molar refractivity (Wildman–Crippen MR) is 188 cm³/mol. The number of rotatable bonds is 24. The minimum absolute atomic E-state index is 0.924. The van der Waals surface area contributed by atoms with E-state index in [0.29, 0.717) is 0 Å². The van der Waals surface area contributed by atoms with Gasteiger partial charge in [-0.2, -0.15) is 0 Å². The molecular weight excluding hydrogens is 520 g/mol. The largest absolute Gasteiger partial charge is 0.493 e. The van der Waals surface area contributed by atoms with E-state index in [2.05, 4.69) is 75.4 Å². The summed E-state index contributed by atoms with van der Waals surface area (Å²) in [6.07, 6.45) is 30.8. The first-order chi connectivity index (χ1) is 21.2. The fourth-order valence-electron chi connectivity index (χ4n) is 6.51. The van der Waals surface area contributed by atoms with E-state index in [1.54, 1.807) is 0 Å². The summed E-state index contributed by atoms with van der Waals surface area (Å²) < 4.78 is 1.49. The van der Waals surface area contributed by atoms with E-state index >= 15 is 0 Å². The van der Waals surface area contributed by atoms with Crippen molar-refractivity contribution in [1.29, 1.82) is 0 Å². The predicted octanol–water partition coefficient (Wildman–Crippen LogP) is 13.4. The molecule has 0 unspecified atom stereocenters. The quantitative estimate of drug-likeness (QED) is 0.0869. The molecule has 43 heavy (non-hydrogen) atoms. The zero-order valence-corrected chi connectivity index (χ0v) is 28.1. The Morgan fingerprint density at radius 2 is 0.907 bits per heavy atom. The highest BCUT2D eigenvalue weighted by Crippen LogP contribution is 2.38. The standard InChI is InChI=1S/C41H62N2/c1-4-7-10-11-12-13-14-15-16-17-18-19-22-29-39-34-40(37-30-23-27-35(32-37)25-20-8-5-2)43(42)41(39)38-31-24-28-36(33-38)26-21-9-6-3/h23-24,27-28,30-34H,4-22,25-26,29H2,1-3H3. The van der Waals surface area contributed by atoms with Crippen LogP contribution in [-0.2, 0) is 12.8 Å². The second-order valence-corrected chi connectivity index (χ2v) is 13.0. The van der Waals surface area contributed by atoms with Crippen LogP contribution in [0.15, 0.2) is 60.2 Å². The van der Waals surface area contributed by atoms with Crippen molar-refractivity contribution in [3.05, 3.63) is 88.0 Å². The lowest BCUT2D eigenvalue weighted by Gasteiger charge is -2.12. The van der Waals surface area contributed by atoms with Crippen LogP contribution in [0.5, 0.6) is 0 Å². The maximum atomic E-state index is 11.6. The van der Waals surface area contributed by atoms with Crippen molar-refractivity contribution in [2.75, 3.05) is 0 Å². The molecule has 3 rings (SSSR count). The SMILES string of the molecule is CCCCCCCCCCCCCCCC1=C(c2cccc(CCCCC)c2)[N+](=[N-])C(c2cccc(CCCCC)c2)=C1. The Hall–Kier alpha value is -2.48. The number of hydrogen-bond acceptors (Lipinski definition) is 0. The smallest absolute Gasteiger partial charge is 0.210 e. The molecule has 0 fully saturated rings. The highest BCUT2D eigenvalue weighted by Gasteiger charge is 2.29. The molecule has 0 amide bonds. The third kappa shape index (κ3) is 12.6. The molecule has 0 radical (unpaired) electrons. The van der Waals surface area contributed by atoms with Crippen LogP contribution in [0.25, 0.3) is 16.9 Å². The Bertz CT molecular complexity index is 1140. The molecule has 2 aromatic rings. The number of nitrogens with zero attached hydrogens (tertiary/aromatic N) is 2. The van der Waals surface area contributed by atoms with Gasteiger partial charge in [0.15, 0.2) is 0 Å². The third-order valence-corrected chi connectivity index (χ3v) is 9.17. The van der Waals surface area contributed by atoms with Gasteiger partial charge in [-0.3, -0.25) is 0 Å². The van der Waals surface area contributed by atoms with E-state index in [1.165, 1.54) is 143 Å². The maximum absolute atomic E-state index is 11.6. The van der Waals surface area contributed by atoms with Crippen molar-refractivity contribution in [1.82, 2.24) is 0 Å². The normalized spacial score (nSPS) is 13.3. The summed E-state index contributed by atoms with van der Waals surface area (Å²) in [5, 5.41) is 0. The third-order valence-electron chi connectivity index (χ3n) is 9.17. The van der Waals surface area contributed by atoms with E-state index in [4.69, 9.17) is 0 Å². The van der Waals surface area contributed by atoms with Gasteiger partial charge in [0, 0.05) is 22.8 Å². The number of benzene rings is 2. The van der Waals surface area contributed by atoms with Crippen LogP contribution in [0.4, 0.5) is 0 Å². The molecule has 0 aromatic heterocycles. The number of aryl methyl sites for hydroxylation is 2. The molecule has 1 aliphatic heterocycles. The average Bonchev–Trinajstić information content (AvgIpc) is 3.35. The van der Waals surface area contributed by atoms with E-state index in [9.17, 15) is 5.53 Å². The maximum Gasteiger partial charge on any atom is 0.210 e. The van der Waals surface area contributed by atoms with E-state index < -0.39 is 0 Å². The molecule has 2 aromatic carbocycles. The summed E-state index contributed by atoms with van der Waals surface area (Å²) in [5.41, 5.74) is 19.8. The van der Waals surface area contributed by atoms with Gasteiger partial charge < -0.3 is 5.53 Å². The van der Waals surface area contributed by atoms with Crippen molar-refractivity contribution < 1.29 is 4.70 Å². The topological polar surface area (TPSA) is 25.3 Å². The minimum atomic E-state index is 0.924. The first-order valence-corrected chi connectivity index (χ1v) is 18.3. The van der Waals surface area contributed by atoms with Crippen LogP contribution in [0.1, 0.15) is 171 Å². The second-order valence-electron chi connectivity index (χ2n) is 13.0. The zero-order valence-electron chi connectivity index (χ0n) is 28.1. The summed E-state index contributed by atoms with van der Waals surface area (Å²) in [6.45, 7) is 6.81. The Morgan fingerprint density at radius 1 is 0.488 bits per heavy atom. The lowest BCUT2D eigenvalue weighted by Crippen LogP contribution is -2.03. The zero-order chi connectivity index (χ0) is 30.5. The molecule has 0 saturated heterocycles. The summed E-state index contributed by atoms with van der Waals surface area (Å²) in [7, 11) is 0. The fourth-order valence-corrected chi connectivity index (χ4v) is 6.51. The highest BCUT2D eigenvalue weighted by molar-refractivity contribution is 5.78. The van der Waals surface area contributed by atoms with Crippen LogP contribution in [0.3, 0.4) is 0 Å². The molecule has 2 heteroatoms.